The molecule has 1 saturated carbocycles. The SMILES string of the molecule is CNc1cc(Br)nc(C2CC2)n1. The second-order valence-corrected chi connectivity index (χ2v) is 3.77. The Morgan fingerprint density at radius 2 is 2.25 bits per heavy atom. The van der Waals surface area contributed by atoms with Gasteiger partial charge in [0.15, 0.2) is 0 Å². The van der Waals surface area contributed by atoms with E-state index in [1.807, 2.05) is 13.1 Å². The molecular weight excluding hydrogens is 218 g/mol. The van der Waals surface area contributed by atoms with Crippen LogP contribution in [0.4, 0.5) is 5.82 Å². The number of aromatic nitrogens is 2. The van der Waals surface area contributed by atoms with Crippen molar-refractivity contribution >= 4 is 21.7 Å². The van der Waals surface area contributed by atoms with Crippen LogP contribution in [0, 0.1) is 0 Å². The van der Waals surface area contributed by atoms with Crippen molar-refractivity contribution in [2.75, 3.05) is 12.4 Å². The lowest BCUT2D eigenvalue weighted by Crippen LogP contribution is -1.98. The van der Waals surface area contributed by atoms with E-state index in [0.717, 1.165) is 16.2 Å². The maximum absolute atomic E-state index is 4.36. The summed E-state index contributed by atoms with van der Waals surface area (Å²) >= 11 is 3.36. The maximum Gasteiger partial charge on any atom is 0.135 e. The number of nitrogens with zero attached hydrogens (tertiary/aromatic N) is 2. The van der Waals surface area contributed by atoms with Crippen molar-refractivity contribution in [2.45, 2.75) is 18.8 Å². The molecule has 0 aromatic carbocycles. The standard InChI is InChI=1S/C8H10BrN3/c1-10-7-4-6(9)11-8(12-7)5-2-3-5/h4-5H,2-3H2,1H3,(H,10,11,12). The van der Waals surface area contributed by atoms with E-state index in [9.17, 15) is 0 Å². The lowest BCUT2D eigenvalue weighted by atomic mass is 10.4. The summed E-state index contributed by atoms with van der Waals surface area (Å²) in [5.74, 6) is 2.46. The molecule has 1 aromatic rings. The average molecular weight is 228 g/mol. The van der Waals surface area contributed by atoms with Crippen molar-refractivity contribution in [1.29, 1.82) is 0 Å². The van der Waals surface area contributed by atoms with Gasteiger partial charge in [0.2, 0.25) is 0 Å². The Morgan fingerprint density at radius 3 is 2.83 bits per heavy atom. The van der Waals surface area contributed by atoms with Gasteiger partial charge in [-0.05, 0) is 28.8 Å². The van der Waals surface area contributed by atoms with E-state index in [1.54, 1.807) is 0 Å². The summed E-state index contributed by atoms with van der Waals surface area (Å²) in [6.07, 6.45) is 2.47. The molecule has 64 valence electrons. The Balaban J connectivity index is 2.34. The quantitative estimate of drug-likeness (QED) is 0.788. The van der Waals surface area contributed by atoms with Crippen LogP contribution in [0.2, 0.25) is 0 Å². The number of rotatable bonds is 2. The molecule has 1 aliphatic rings. The normalized spacial score (nSPS) is 16.2. The summed E-state index contributed by atoms with van der Waals surface area (Å²) in [5.41, 5.74) is 0. The Hall–Kier alpha value is -0.640. The topological polar surface area (TPSA) is 37.8 Å². The summed E-state index contributed by atoms with van der Waals surface area (Å²) in [7, 11) is 1.87. The lowest BCUT2D eigenvalue weighted by Gasteiger charge is -2.02. The van der Waals surface area contributed by atoms with Crippen molar-refractivity contribution in [2.24, 2.45) is 0 Å². The molecule has 0 saturated heterocycles. The fourth-order valence-electron chi connectivity index (χ4n) is 1.09. The predicted molar refractivity (Wildman–Crippen MR) is 51.3 cm³/mol. The zero-order valence-corrected chi connectivity index (χ0v) is 8.43. The molecule has 1 fully saturated rings. The van der Waals surface area contributed by atoms with E-state index < -0.39 is 0 Å². The molecule has 0 radical (unpaired) electrons. The van der Waals surface area contributed by atoms with E-state index >= 15 is 0 Å². The van der Waals surface area contributed by atoms with Crippen molar-refractivity contribution in [1.82, 2.24) is 9.97 Å². The highest BCUT2D eigenvalue weighted by atomic mass is 79.9. The number of nitrogens with one attached hydrogen (secondary N) is 1. The average Bonchev–Trinajstić information content (AvgIpc) is 2.85. The third-order valence-corrected chi connectivity index (χ3v) is 2.32. The van der Waals surface area contributed by atoms with Gasteiger partial charge in [-0.2, -0.15) is 0 Å². The third-order valence-electron chi connectivity index (χ3n) is 1.91. The van der Waals surface area contributed by atoms with Gasteiger partial charge in [-0.15, -0.1) is 0 Å². The highest BCUT2D eigenvalue weighted by molar-refractivity contribution is 9.10. The largest absolute Gasteiger partial charge is 0.373 e. The van der Waals surface area contributed by atoms with Crippen LogP contribution >= 0.6 is 15.9 Å². The summed E-state index contributed by atoms with van der Waals surface area (Å²) in [4.78, 5) is 8.67. The molecule has 4 heteroatoms. The number of halogens is 1. The fourth-order valence-corrected chi connectivity index (χ4v) is 1.49. The highest BCUT2D eigenvalue weighted by Crippen LogP contribution is 2.38. The molecule has 1 aromatic heterocycles. The van der Waals surface area contributed by atoms with Crippen LogP contribution in [-0.2, 0) is 0 Å². The molecule has 2 rings (SSSR count). The second kappa shape index (κ2) is 3.01. The van der Waals surface area contributed by atoms with E-state index in [2.05, 4.69) is 31.2 Å². The van der Waals surface area contributed by atoms with Gasteiger partial charge in [-0.1, -0.05) is 0 Å². The van der Waals surface area contributed by atoms with Crippen LogP contribution in [0.1, 0.15) is 24.6 Å². The molecule has 12 heavy (non-hydrogen) atoms. The van der Waals surface area contributed by atoms with Gasteiger partial charge in [0.25, 0.3) is 0 Å². The third kappa shape index (κ3) is 1.58. The first-order chi connectivity index (χ1) is 5.79. The lowest BCUT2D eigenvalue weighted by molar-refractivity contribution is 0.917. The van der Waals surface area contributed by atoms with E-state index in [4.69, 9.17) is 0 Å². The number of hydrogen-bond donors (Lipinski definition) is 1. The highest BCUT2D eigenvalue weighted by Gasteiger charge is 2.26. The maximum atomic E-state index is 4.36. The van der Waals surface area contributed by atoms with Gasteiger partial charge in [-0.25, -0.2) is 9.97 Å². The Morgan fingerprint density at radius 1 is 1.50 bits per heavy atom. The minimum atomic E-state index is 0.606. The van der Waals surface area contributed by atoms with E-state index in [1.165, 1.54) is 12.8 Å². The van der Waals surface area contributed by atoms with Crippen molar-refractivity contribution < 1.29 is 0 Å². The van der Waals surface area contributed by atoms with Crippen LogP contribution < -0.4 is 5.32 Å². The van der Waals surface area contributed by atoms with Gasteiger partial charge < -0.3 is 5.32 Å². The summed E-state index contributed by atoms with van der Waals surface area (Å²) in [6.45, 7) is 0. The van der Waals surface area contributed by atoms with E-state index in [-0.39, 0.29) is 0 Å². The van der Waals surface area contributed by atoms with Crippen LogP contribution in [0.15, 0.2) is 10.7 Å². The molecule has 0 spiro atoms. The van der Waals surface area contributed by atoms with Crippen LogP contribution in [-0.4, -0.2) is 17.0 Å². The van der Waals surface area contributed by atoms with Crippen molar-refractivity contribution in [3.8, 4) is 0 Å². The molecule has 0 amide bonds. The molecule has 0 atom stereocenters. The monoisotopic (exact) mass is 227 g/mol. The van der Waals surface area contributed by atoms with Gasteiger partial charge in [0.05, 0.1) is 0 Å². The molecule has 1 aliphatic carbocycles. The molecule has 0 bridgehead atoms. The zero-order valence-electron chi connectivity index (χ0n) is 6.84. The smallest absolute Gasteiger partial charge is 0.135 e. The van der Waals surface area contributed by atoms with Gasteiger partial charge in [0.1, 0.15) is 16.2 Å². The summed E-state index contributed by atoms with van der Waals surface area (Å²) in [6, 6.07) is 1.88. The van der Waals surface area contributed by atoms with Crippen molar-refractivity contribution in [3.05, 3.63) is 16.5 Å². The van der Waals surface area contributed by atoms with Crippen molar-refractivity contribution in [3.63, 3.8) is 0 Å². The molecule has 0 aliphatic heterocycles. The first-order valence-electron chi connectivity index (χ1n) is 4.02. The summed E-state index contributed by atoms with van der Waals surface area (Å²) < 4.78 is 0.865. The zero-order chi connectivity index (χ0) is 8.55. The molecular formula is C8H10BrN3. The van der Waals surface area contributed by atoms with Crippen LogP contribution in [0.3, 0.4) is 0 Å². The Kier molecular flexibility index (Phi) is 2.00. The van der Waals surface area contributed by atoms with E-state index in [0.29, 0.717) is 5.92 Å². The first kappa shape index (κ1) is 7.98. The molecule has 3 nitrogen and oxygen atoms in total. The minimum Gasteiger partial charge on any atom is -0.373 e. The number of hydrogen-bond acceptors (Lipinski definition) is 3. The first-order valence-corrected chi connectivity index (χ1v) is 4.81. The Labute approximate surface area is 79.7 Å². The minimum absolute atomic E-state index is 0.606. The molecule has 0 unspecified atom stereocenters. The Bertz CT molecular complexity index is 296. The summed E-state index contributed by atoms with van der Waals surface area (Å²) in [5, 5.41) is 3.01. The van der Waals surface area contributed by atoms with Crippen LogP contribution in [0.25, 0.3) is 0 Å². The molecule has 1 heterocycles. The molecule has 1 N–H and O–H groups in total. The predicted octanol–water partition coefficient (Wildman–Crippen LogP) is 2.16. The fraction of sp³-hybridized carbons (Fsp3) is 0.500. The van der Waals surface area contributed by atoms with Gasteiger partial charge >= 0.3 is 0 Å². The number of anilines is 1. The van der Waals surface area contributed by atoms with Crippen LogP contribution in [0.5, 0.6) is 0 Å². The van der Waals surface area contributed by atoms with Gasteiger partial charge in [-0.3, -0.25) is 0 Å². The van der Waals surface area contributed by atoms with Gasteiger partial charge in [0, 0.05) is 19.0 Å². The second-order valence-electron chi connectivity index (χ2n) is 2.96.